The van der Waals surface area contributed by atoms with Gasteiger partial charge < -0.3 is 10.0 Å². The first-order valence-corrected chi connectivity index (χ1v) is 6.35. The predicted molar refractivity (Wildman–Crippen MR) is 71.0 cm³/mol. The van der Waals surface area contributed by atoms with Crippen LogP contribution in [0.4, 0.5) is 0 Å². The van der Waals surface area contributed by atoms with Gasteiger partial charge in [0.05, 0.1) is 0 Å². The number of phenols is 1. The highest BCUT2D eigenvalue weighted by molar-refractivity contribution is 5.75. The van der Waals surface area contributed by atoms with Crippen LogP contribution in [0.5, 0.6) is 5.75 Å². The minimum atomic E-state index is 0.102. The monoisotopic (exact) mass is 262 g/mol. The number of aromatic hydroxyl groups is 1. The van der Waals surface area contributed by atoms with Gasteiger partial charge in [0, 0.05) is 50.8 Å². The summed E-state index contributed by atoms with van der Waals surface area (Å²) in [7, 11) is 0. The summed E-state index contributed by atoms with van der Waals surface area (Å²) in [4.78, 5) is 26.0. The van der Waals surface area contributed by atoms with Crippen LogP contribution >= 0.6 is 0 Å². The molecule has 0 aliphatic carbocycles. The maximum atomic E-state index is 11.2. The van der Waals surface area contributed by atoms with Crippen LogP contribution in [0, 0.1) is 0 Å². The number of carbonyl (C=O) groups is 2. The van der Waals surface area contributed by atoms with Gasteiger partial charge in [-0.15, -0.1) is 0 Å². The number of aldehydes is 1. The fourth-order valence-electron chi connectivity index (χ4n) is 2.27. The van der Waals surface area contributed by atoms with Crippen LogP contribution in [0.15, 0.2) is 18.2 Å². The van der Waals surface area contributed by atoms with Gasteiger partial charge in [-0.25, -0.2) is 0 Å². The summed E-state index contributed by atoms with van der Waals surface area (Å²) in [6, 6.07) is 4.85. The largest absolute Gasteiger partial charge is 0.508 e. The van der Waals surface area contributed by atoms with E-state index in [0.717, 1.165) is 24.9 Å². The summed E-state index contributed by atoms with van der Waals surface area (Å²) in [6.07, 6.45) is 0.774. The van der Waals surface area contributed by atoms with Crippen LogP contribution in [0.3, 0.4) is 0 Å². The Hall–Kier alpha value is -1.88. The second kappa shape index (κ2) is 5.84. The number of rotatable bonds is 3. The Morgan fingerprint density at radius 2 is 2.00 bits per heavy atom. The van der Waals surface area contributed by atoms with Crippen LogP contribution in [-0.2, 0) is 11.3 Å². The summed E-state index contributed by atoms with van der Waals surface area (Å²) in [5.74, 6) is 0.310. The molecule has 1 aliphatic rings. The SMILES string of the molecule is CC(=O)N1CCN(Cc2cc(C=O)ccc2O)CC1. The van der Waals surface area contributed by atoms with E-state index in [2.05, 4.69) is 4.90 Å². The molecule has 1 fully saturated rings. The van der Waals surface area contributed by atoms with Crippen molar-refractivity contribution in [2.24, 2.45) is 0 Å². The van der Waals surface area contributed by atoms with Gasteiger partial charge in [0.1, 0.15) is 12.0 Å². The van der Waals surface area contributed by atoms with Gasteiger partial charge in [-0.1, -0.05) is 0 Å². The van der Waals surface area contributed by atoms with E-state index in [4.69, 9.17) is 0 Å². The highest BCUT2D eigenvalue weighted by atomic mass is 16.3. The third-order valence-electron chi connectivity index (χ3n) is 3.45. The Bertz CT molecular complexity index is 480. The number of hydrogen-bond donors (Lipinski definition) is 1. The number of hydrogen-bond acceptors (Lipinski definition) is 4. The van der Waals surface area contributed by atoms with Crippen LogP contribution in [-0.4, -0.2) is 53.3 Å². The summed E-state index contributed by atoms with van der Waals surface area (Å²) >= 11 is 0. The van der Waals surface area contributed by atoms with Gasteiger partial charge in [0.15, 0.2) is 0 Å². The molecule has 0 atom stereocenters. The van der Waals surface area contributed by atoms with E-state index >= 15 is 0 Å². The molecule has 0 bridgehead atoms. The minimum Gasteiger partial charge on any atom is -0.508 e. The Balaban J connectivity index is 1.99. The van der Waals surface area contributed by atoms with Crippen molar-refractivity contribution >= 4 is 12.2 Å². The zero-order valence-electron chi connectivity index (χ0n) is 11.0. The molecular weight excluding hydrogens is 244 g/mol. The Kier molecular flexibility index (Phi) is 4.16. The van der Waals surface area contributed by atoms with Crippen molar-refractivity contribution in [1.82, 2.24) is 9.80 Å². The predicted octanol–water partition coefficient (Wildman–Crippen LogP) is 0.869. The number of piperazine rings is 1. The molecular formula is C14H18N2O3. The van der Waals surface area contributed by atoms with Crippen LogP contribution < -0.4 is 0 Å². The van der Waals surface area contributed by atoms with Crippen molar-refractivity contribution in [2.45, 2.75) is 13.5 Å². The Morgan fingerprint density at radius 3 is 2.58 bits per heavy atom. The van der Waals surface area contributed by atoms with Crippen molar-refractivity contribution in [1.29, 1.82) is 0 Å². The topological polar surface area (TPSA) is 60.9 Å². The second-order valence-electron chi connectivity index (χ2n) is 4.79. The molecule has 0 radical (unpaired) electrons. The maximum Gasteiger partial charge on any atom is 0.219 e. The fraction of sp³-hybridized carbons (Fsp3) is 0.429. The van der Waals surface area contributed by atoms with Crippen LogP contribution in [0.1, 0.15) is 22.8 Å². The van der Waals surface area contributed by atoms with Gasteiger partial charge in [-0.2, -0.15) is 0 Å². The van der Waals surface area contributed by atoms with Crippen LogP contribution in [0.2, 0.25) is 0 Å². The van der Waals surface area contributed by atoms with Crippen molar-refractivity contribution in [3.8, 4) is 5.75 Å². The molecule has 1 saturated heterocycles. The molecule has 1 aliphatic heterocycles. The molecule has 19 heavy (non-hydrogen) atoms. The molecule has 1 N–H and O–H groups in total. The van der Waals surface area contributed by atoms with Gasteiger partial charge in [-0.3, -0.25) is 14.5 Å². The van der Waals surface area contributed by atoms with E-state index < -0.39 is 0 Å². The normalized spacial score (nSPS) is 16.4. The second-order valence-corrected chi connectivity index (χ2v) is 4.79. The van der Waals surface area contributed by atoms with E-state index in [1.54, 1.807) is 25.1 Å². The molecule has 1 aromatic rings. The lowest BCUT2D eigenvalue weighted by molar-refractivity contribution is -0.130. The van der Waals surface area contributed by atoms with Crippen LogP contribution in [0.25, 0.3) is 0 Å². The molecule has 1 aromatic carbocycles. The molecule has 1 amide bonds. The van der Waals surface area contributed by atoms with Gasteiger partial charge in [-0.05, 0) is 18.2 Å². The van der Waals surface area contributed by atoms with E-state index in [1.807, 2.05) is 4.90 Å². The standard InChI is InChI=1S/C14H18N2O3/c1-11(18)16-6-4-15(5-7-16)9-13-8-12(10-17)2-3-14(13)19/h2-3,8,10,19H,4-7,9H2,1H3. The lowest BCUT2D eigenvalue weighted by Gasteiger charge is -2.34. The van der Waals surface area contributed by atoms with E-state index in [-0.39, 0.29) is 11.7 Å². The van der Waals surface area contributed by atoms with Crippen molar-refractivity contribution in [3.63, 3.8) is 0 Å². The average Bonchev–Trinajstić information content (AvgIpc) is 2.42. The van der Waals surface area contributed by atoms with Gasteiger partial charge in [0.2, 0.25) is 5.91 Å². The zero-order chi connectivity index (χ0) is 13.8. The number of nitrogens with zero attached hydrogens (tertiary/aromatic N) is 2. The molecule has 5 heteroatoms. The Labute approximate surface area is 112 Å². The van der Waals surface area contributed by atoms with Gasteiger partial charge in [0.25, 0.3) is 0 Å². The first-order valence-electron chi connectivity index (χ1n) is 6.35. The third kappa shape index (κ3) is 3.32. The fourth-order valence-corrected chi connectivity index (χ4v) is 2.27. The Morgan fingerprint density at radius 1 is 1.32 bits per heavy atom. The first-order chi connectivity index (χ1) is 9.10. The number of carbonyl (C=O) groups excluding carboxylic acids is 2. The average molecular weight is 262 g/mol. The molecule has 1 heterocycles. The van der Waals surface area contributed by atoms with Crippen molar-refractivity contribution in [2.75, 3.05) is 26.2 Å². The molecule has 0 unspecified atom stereocenters. The number of phenolic OH excluding ortho intramolecular Hbond substituents is 1. The highest BCUT2D eigenvalue weighted by Gasteiger charge is 2.19. The first kappa shape index (κ1) is 13.5. The number of benzene rings is 1. The van der Waals surface area contributed by atoms with Crippen molar-refractivity contribution in [3.05, 3.63) is 29.3 Å². The molecule has 0 spiro atoms. The lowest BCUT2D eigenvalue weighted by atomic mass is 10.1. The van der Waals surface area contributed by atoms with E-state index in [0.29, 0.717) is 25.2 Å². The van der Waals surface area contributed by atoms with E-state index in [9.17, 15) is 14.7 Å². The summed E-state index contributed by atoms with van der Waals surface area (Å²) in [5, 5.41) is 9.79. The molecule has 0 aromatic heterocycles. The molecule has 0 saturated carbocycles. The molecule has 2 rings (SSSR count). The number of amides is 1. The van der Waals surface area contributed by atoms with E-state index in [1.165, 1.54) is 0 Å². The van der Waals surface area contributed by atoms with Gasteiger partial charge >= 0.3 is 0 Å². The van der Waals surface area contributed by atoms with Crippen molar-refractivity contribution < 1.29 is 14.7 Å². The molecule has 5 nitrogen and oxygen atoms in total. The summed E-state index contributed by atoms with van der Waals surface area (Å²) < 4.78 is 0. The highest BCUT2D eigenvalue weighted by Crippen LogP contribution is 2.20. The smallest absolute Gasteiger partial charge is 0.219 e. The zero-order valence-corrected chi connectivity index (χ0v) is 11.0. The minimum absolute atomic E-state index is 0.102. The lowest BCUT2D eigenvalue weighted by Crippen LogP contribution is -2.47. The summed E-state index contributed by atoms with van der Waals surface area (Å²) in [5.41, 5.74) is 1.32. The maximum absolute atomic E-state index is 11.2. The molecule has 102 valence electrons. The third-order valence-corrected chi connectivity index (χ3v) is 3.45. The quantitative estimate of drug-likeness (QED) is 0.821. The summed E-state index contributed by atoms with van der Waals surface area (Å²) in [6.45, 7) is 5.16.